The van der Waals surface area contributed by atoms with Crippen molar-refractivity contribution in [2.45, 2.75) is 18.3 Å². The van der Waals surface area contributed by atoms with Gasteiger partial charge in [-0.15, -0.1) is 10.2 Å². The molecule has 0 fully saturated rings. The molecule has 0 radical (unpaired) electrons. The number of nitrogens with zero attached hydrogens (tertiary/aromatic N) is 4. The van der Waals surface area contributed by atoms with Crippen molar-refractivity contribution in [3.05, 3.63) is 58.9 Å². The summed E-state index contributed by atoms with van der Waals surface area (Å²) in [4.78, 5) is 18.4. The third-order valence-corrected chi connectivity index (χ3v) is 5.00. The molecule has 9 heteroatoms. The summed E-state index contributed by atoms with van der Waals surface area (Å²) in [5.41, 5.74) is 1.91. The Labute approximate surface area is 169 Å². The standard InChI is InChI=1S/C19H14ClFN4O2S/c1-10(26)25-15-7-6-12(20)9-14(15)16-17(22-19(28-2)24-23-16)27-18(25)11-4-3-5-13(21)8-11/h3-9,18H,1-2H3. The third kappa shape index (κ3) is 3.29. The van der Waals surface area contributed by atoms with E-state index in [-0.39, 0.29) is 11.8 Å². The lowest BCUT2D eigenvalue weighted by Crippen LogP contribution is -2.36. The third-order valence-electron chi connectivity index (χ3n) is 4.22. The highest BCUT2D eigenvalue weighted by atomic mass is 35.5. The number of ether oxygens (including phenoxy) is 1. The summed E-state index contributed by atoms with van der Waals surface area (Å²) in [5, 5.41) is 9.20. The quantitative estimate of drug-likeness (QED) is 0.573. The number of aromatic nitrogens is 3. The van der Waals surface area contributed by atoms with Gasteiger partial charge in [-0.1, -0.05) is 35.5 Å². The SMILES string of the molecule is CSc1nnc2c(n1)OC(c1cccc(F)c1)N(C(C)=O)c1ccc(Cl)cc1-2. The lowest BCUT2D eigenvalue weighted by molar-refractivity contribution is -0.118. The fraction of sp³-hybridized carbons (Fsp3) is 0.158. The van der Waals surface area contributed by atoms with Gasteiger partial charge in [-0.05, 0) is 36.6 Å². The van der Waals surface area contributed by atoms with Crippen LogP contribution in [0.1, 0.15) is 18.7 Å². The summed E-state index contributed by atoms with van der Waals surface area (Å²) in [7, 11) is 0. The summed E-state index contributed by atoms with van der Waals surface area (Å²) >= 11 is 7.50. The van der Waals surface area contributed by atoms with E-state index in [1.165, 1.54) is 35.7 Å². The van der Waals surface area contributed by atoms with Crippen molar-refractivity contribution in [3.8, 4) is 17.1 Å². The van der Waals surface area contributed by atoms with Gasteiger partial charge in [0.05, 0.1) is 5.69 Å². The minimum absolute atomic E-state index is 0.195. The summed E-state index contributed by atoms with van der Waals surface area (Å²) in [5.74, 6) is -0.527. The van der Waals surface area contributed by atoms with Crippen LogP contribution in [0.25, 0.3) is 11.3 Å². The van der Waals surface area contributed by atoms with E-state index in [1.54, 1.807) is 30.3 Å². The van der Waals surface area contributed by atoms with Crippen molar-refractivity contribution >= 4 is 35.0 Å². The van der Waals surface area contributed by atoms with Crippen LogP contribution >= 0.6 is 23.4 Å². The minimum Gasteiger partial charge on any atom is -0.447 e. The van der Waals surface area contributed by atoms with E-state index in [4.69, 9.17) is 16.3 Å². The normalized spacial score (nSPS) is 15.3. The van der Waals surface area contributed by atoms with E-state index < -0.39 is 12.0 Å². The van der Waals surface area contributed by atoms with Crippen LogP contribution in [0.2, 0.25) is 5.02 Å². The highest BCUT2D eigenvalue weighted by molar-refractivity contribution is 7.98. The zero-order valence-electron chi connectivity index (χ0n) is 14.9. The molecule has 1 unspecified atom stereocenters. The van der Waals surface area contributed by atoms with Gasteiger partial charge in [-0.25, -0.2) is 4.39 Å². The maximum atomic E-state index is 13.9. The number of carbonyl (C=O) groups is 1. The number of carbonyl (C=O) groups excluding carboxylic acids is 1. The largest absolute Gasteiger partial charge is 0.447 e. The minimum atomic E-state index is -0.930. The number of anilines is 1. The molecule has 3 aromatic rings. The Morgan fingerprint density at radius 2 is 2.07 bits per heavy atom. The molecular formula is C19H14ClFN4O2S. The molecule has 28 heavy (non-hydrogen) atoms. The van der Waals surface area contributed by atoms with E-state index in [0.717, 1.165) is 0 Å². The van der Waals surface area contributed by atoms with Gasteiger partial charge >= 0.3 is 0 Å². The molecule has 1 aliphatic rings. The molecule has 6 nitrogen and oxygen atoms in total. The van der Waals surface area contributed by atoms with Gasteiger partial charge in [0.15, 0.2) is 5.69 Å². The van der Waals surface area contributed by atoms with Crippen LogP contribution in [0.4, 0.5) is 10.1 Å². The average molecular weight is 417 g/mol. The molecule has 4 rings (SSSR count). The first-order chi connectivity index (χ1) is 13.5. The van der Waals surface area contributed by atoms with Gasteiger partial charge in [0.2, 0.25) is 23.2 Å². The van der Waals surface area contributed by atoms with Crippen molar-refractivity contribution in [2.24, 2.45) is 0 Å². The van der Waals surface area contributed by atoms with Gasteiger partial charge in [0.1, 0.15) is 5.82 Å². The van der Waals surface area contributed by atoms with Crippen LogP contribution in [0, 0.1) is 5.82 Å². The van der Waals surface area contributed by atoms with Gasteiger partial charge in [-0.3, -0.25) is 9.69 Å². The lowest BCUT2D eigenvalue weighted by Gasteiger charge is -2.29. The van der Waals surface area contributed by atoms with Crippen molar-refractivity contribution in [2.75, 3.05) is 11.2 Å². The number of fused-ring (bicyclic) bond motifs is 3. The van der Waals surface area contributed by atoms with Crippen molar-refractivity contribution in [1.29, 1.82) is 0 Å². The van der Waals surface area contributed by atoms with E-state index in [1.807, 2.05) is 6.26 Å². The number of halogens is 2. The number of benzene rings is 2. The molecule has 1 amide bonds. The second kappa shape index (κ2) is 7.37. The Morgan fingerprint density at radius 1 is 1.25 bits per heavy atom. The average Bonchev–Trinajstić information content (AvgIpc) is 2.81. The smallest absolute Gasteiger partial charge is 0.247 e. The molecule has 0 spiro atoms. The van der Waals surface area contributed by atoms with Crippen LogP contribution in [0.5, 0.6) is 5.88 Å². The highest BCUT2D eigenvalue weighted by Gasteiger charge is 2.34. The Kier molecular flexibility index (Phi) is 4.91. The number of hydrogen-bond acceptors (Lipinski definition) is 6. The number of amides is 1. The first kappa shape index (κ1) is 18.6. The second-order valence-electron chi connectivity index (χ2n) is 6.03. The number of thioether (sulfide) groups is 1. The van der Waals surface area contributed by atoms with Crippen LogP contribution in [-0.2, 0) is 4.79 Å². The topological polar surface area (TPSA) is 68.2 Å². The monoisotopic (exact) mass is 416 g/mol. The van der Waals surface area contributed by atoms with E-state index in [9.17, 15) is 9.18 Å². The molecule has 2 aromatic carbocycles. The maximum Gasteiger partial charge on any atom is 0.247 e. The molecule has 0 saturated carbocycles. The number of hydrogen-bond donors (Lipinski definition) is 0. The molecule has 1 atom stereocenters. The Hall–Kier alpha value is -2.71. The van der Waals surface area contributed by atoms with Gasteiger partial charge in [0.25, 0.3) is 0 Å². The molecule has 0 N–H and O–H groups in total. The lowest BCUT2D eigenvalue weighted by atomic mass is 10.1. The van der Waals surface area contributed by atoms with E-state index in [0.29, 0.717) is 32.7 Å². The summed E-state index contributed by atoms with van der Waals surface area (Å²) in [6.45, 7) is 1.41. The van der Waals surface area contributed by atoms with Gasteiger partial charge < -0.3 is 4.74 Å². The van der Waals surface area contributed by atoms with Crippen molar-refractivity contribution in [1.82, 2.24) is 15.2 Å². The molecule has 1 aromatic heterocycles. The van der Waals surface area contributed by atoms with Gasteiger partial charge in [-0.2, -0.15) is 4.98 Å². The van der Waals surface area contributed by atoms with E-state index >= 15 is 0 Å². The van der Waals surface area contributed by atoms with Crippen molar-refractivity contribution in [3.63, 3.8) is 0 Å². The predicted molar refractivity (Wildman–Crippen MR) is 105 cm³/mol. The molecule has 2 heterocycles. The highest BCUT2D eigenvalue weighted by Crippen LogP contribution is 2.44. The van der Waals surface area contributed by atoms with Gasteiger partial charge in [0, 0.05) is 23.1 Å². The molecule has 142 valence electrons. The predicted octanol–water partition coefficient (Wildman–Crippen LogP) is 4.50. The molecular weight excluding hydrogens is 403 g/mol. The fourth-order valence-electron chi connectivity index (χ4n) is 3.04. The van der Waals surface area contributed by atoms with Crippen LogP contribution in [-0.4, -0.2) is 27.3 Å². The van der Waals surface area contributed by atoms with Crippen LogP contribution in [0.3, 0.4) is 0 Å². The summed E-state index contributed by atoms with van der Waals surface area (Å²) in [6, 6.07) is 11.0. The van der Waals surface area contributed by atoms with Crippen LogP contribution in [0.15, 0.2) is 47.6 Å². The molecule has 0 saturated heterocycles. The zero-order chi connectivity index (χ0) is 19.8. The molecule has 1 aliphatic heterocycles. The Balaban J connectivity index is 2.00. The maximum absolute atomic E-state index is 13.9. The number of rotatable bonds is 2. The Morgan fingerprint density at radius 3 is 2.79 bits per heavy atom. The summed E-state index contributed by atoms with van der Waals surface area (Å²) in [6.07, 6.45) is 0.886. The fourth-order valence-corrected chi connectivity index (χ4v) is 3.51. The Bertz CT molecular complexity index is 1080. The molecule has 0 aliphatic carbocycles. The van der Waals surface area contributed by atoms with E-state index in [2.05, 4.69) is 15.2 Å². The first-order valence-corrected chi connectivity index (χ1v) is 9.88. The zero-order valence-corrected chi connectivity index (χ0v) is 16.5. The van der Waals surface area contributed by atoms with Crippen molar-refractivity contribution < 1.29 is 13.9 Å². The molecule has 0 bridgehead atoms. The van der Waals surface area contributed by atoms with Crippen LogP contribution < -0.4 is 9.64 Å². The summed E-state index contributed by atoms with van der Waals surface area (Å²) < 4.78 is 20.0. The second-order valence-corrected chi connectivity index (χ2v) is 7.24. The first-order valence-electron chi connectivity index (χ1n) is 8.28.